The molecule has 9 heteroatoms. The van der Waals surface area contributed by atoms with Crippen LogP contribution < -0.4 is 9.04 Å². The van der Waals surface area contributed by atoms with E-state index in [1.165, 1.54) is 24.3 Å². The van der Waals surface area contributed by atoms with Crippen molar-refractivity contribution in [2.45, 2.75) is 32.6 Å². The third-order valence-electron chi connectivity index (χ3n) is 5.09. The van der Waals surface area contributed by atoms with Gasteiger partial charge in [0.25, 0.3) is 10.0 Å². The minimum atomic E-state index is -4.03. The lowest BCUT2D eigenvalue weighted by Gasteiger charge is -2.26. The summed E-state index contributed by atoms with van der Waals surface area (Å²) in [7, 11) is -4.03. The van der Waals surface area contributed by atoms with Crippen LogP contribution in [0.25, 0.3) is 0 Å². The van der Waals surface area contributed by atoms with Crippen LogP contribution in [0.2, 0.25) is 5.02 Å². The lowest BCUT2D eigenvalue weighted by atomic mass is 10.1. The molecule has 0 spiro atoms. The van der Waals surface area contributed by atoms with Crippen molar-refractivity contribution >= 4 is 33.3 Å². The van der Waals surface area contributed by atoms with Crippen molar-refractivity contribution in [3.05, 3.63) is 76.3 Å². The van der Waals surface area contributed by atoms with E-state index in [4.69, 9.17) is 16.3 Å². The van der Waals surface area contributed by atoms with Gasteiger partial charge in [0.2, 0.25) is 0 Å². The highest BCUT2D eigenvalue weighted by atomic mass is 35.5. The van der Waals surface area contributed by atoms with Crippen molar-refractivity contribution < 1.29 is 28.2 Å². The van der Waals surface area contributed by atoms with Crippen molar-refractivity contribution in [2.24, 2.45) is 5.92 Å². The number of nitrogens with zero attached hydrogens (tertiary/aromatic N) is 1. The molecule has 3 rings (SSSR count). The normalized spacial score (nSPS) is 11.5. The zero-order chi connectivity index (χ0) is 25.2. The summed E-state index contributed by atoms with van der Waals surface area (Å²) < 4.78 is 34.0. The summed E-state index contributed by atoms with van der Waals surface area (Å²) >= 11 is 6.20. The fourth-order valence-electron chi connectivity index (χ4n) is 3.43. The second-order valence-electron chi connectivity index (χ2n) is 8.38. The monoisotopic (exact) mass is 503 g/mol. The number of carboxylic acid groups (broad SMARTS) is 1. The quantitative estimate of drug-likeness (QED) is 0.390. The third kappa shape index (κ3) is 5.46. The predicted molar refractivity (Wildman–Crippen MR) is 132 cm³/mol. The molecule has 0 atom stereocenters. The van der Waals surface area contributed by atoms with Crippen LogP contribution in [0.3, 0.4) is 0 Å². The number of anilines is 1. The van der Waals surface area contributed by atoms with E-state index < -0.39 is 21.7 Å². The van der Waals surface area contributed by atoms with E-state index in [0.717, 1.165) is 21.5 Å². The molecule has 0 aliphatic carbocycles. The highest BCUT2D eigenvalue weighted by Gasteiger charge is 2.27. The molecule has 0 aliphatic heterocycles. The lowest BCUT2D eigenvalue weighted by Crippen LogP contribution is -2.34. The number of benzene rings is 3. The Morgan fingerprint density at radius 3 is 2.12 bits per heavy atom. The molecule has 0 bridgehead atoms. The lowest BCUT2D eigenvalue weighted by molar-refractivity contribution is 0.0693. The van der Waals surface area contributed by atoms with Crippen LogP contribution in [0.15, 0.2) is 59.5 Å². The van der Waals surface area contributed by atoms with Gasteiger partial charge in [-0.3, -0.25) is 4.31 Å². The highest BCUT2D eigenvalue weighted by Crippen LogP contribution is 2.32. The Labute approximate surface area is 204 Å². The first-order valence-corrected chi connectivity index (χ1v) is 12.4. The molecule has 0 fully saturated rings. The smallest absolute Gasteiger partial charge is 0.339 e. The van der Waals surface area contributed by atoms with Gasteiger partial charge in [-0.2, -0.15) is 0 Å². The standard InChI is InChI=1S/C25H26ClNO6S/c1-15(2)14-27(18-5-10-23(28)22(13-18)25(29)30)34(31,32)21-8-6-19(7-9-21)33-20-11-16(3)24(26)17(4)12-20/h5-13,15,28H,14H2,1-4H3,(H,29,30). The van der Waals surface area contributed by atoms with E-state index in [1.807, 2.05) is 27.7 Å². The number of carboxylic acids is 1. The van der Waals surface area contributed by atoms with Gasteiger partial charge in [-0.25, -0.2) is 13.2 Å². The van der Waals surface area contributed by atoms with E-state index in [-0.39, 0.29) is 28.6 Å². The summed E-state index contributed by atoms with van der Waals surface area (Å²) in [6.45, 7) is 7.58. The number of carbonyl (C=O) groups is 1. The summed E-state index contributed by atoms with van der Waals surface area (Å²) in [5.41, 5.74) is 1.51. The number of aromatic hydroxyl groups is 1. The zero-order valence-electron chi connectivity index (χ0n) is 19.2. The number of hydrogen-bond acceptors (Lipinski definition) is 5. The van der Waals surface area contributed by atoms with Crippen molar-refractivity contribution in [1.29, 1.82) is 0 Å². The Balaban J connectivity index is 1.95. The van der Waals surface area contributed by atoms with Crippen molar-refractivity contribution in [3.8, 4) is 17.2 Å². The SMILES string of the molecule is Cc1cc(Oc2ccc(S(=O)(=O)N(CC(C)C)c3ccc(O)c(C(=O)O)c3)cc2)cc(C)c1Cl. The summed E-state index contributed by atoms with van der Waals surface area (Å²) in [5.74, 6) is -0.798. The summed E-state index contributed by atoms with van der Waals surface area (Å²) in [6.07, 6.45) is 0. The molecule has 3 aromatic carbocycles. The molecule has 0 saturated heterocycles. The fourth-order valence-corrected chi connectivity index (χ4v) is 5.16. The van der Waals surface area contributed by atoms with E-state index in [0.29, 0.717) is 16.5 Å². The predicted octanol–water partition coefficient (Wildman–Crippen LogP) is 6.00. The average molecular weight is 504 g/mol. The molecule has 2 N–H and O–H groups in total. The molecule has 3 aromatic rings. The van der Waals surface area contributed by atoms with Gasteiger partial charge < -0.3 is 14.9 Å². The maximum Gasteiger partial charge on any atom is 0.339 e. The Morgan fingerprint density at radius 2 is 1.59 bits per heavy atom. The molecular weight excluding hydrogens is 478 g/mol. The van der Waals surface area contributed by atoms with E-state index in [2.05, 4.69) is 0 Å². The zero-order valence-corrected chi connectivity index (χ0v) is 20.8. The molecule has 0 unspecified atom stereocenters. The highest BCUT2D eigenvalue weighted by molar-refractivity contribution is 7.92. The first kappa shape index (κ1) is 25.4. The number of phenols is 1. The largest absolute Gasteiger partial charge is 0.507 e. The fraction of sp³-hybridized carbons (Fsp3) is 0.240. The van der Waals surface area contributed by atoms with Crippen LogP contribution in [0.4, 0.5) is 5.69 Å². The second kappa shape index (κ2) is 9.95. The molecule has 0 saturated carbocycles. The number of halogens is 1. The van der Waals surface area contributed by atoms with E-state index >= 15 is 0 Å². The number of hydrogen-bond donors (Lipinski definition) is 2. The third-order valence-corrected chi connectivity index (χ3v) is 7.49. The van der Waals surface area contributed by atoms with Gasteiger partial charge in [-0.15, -0.1) is 0 Å². The molecule has 34 heavy (non-hydrogen) atoms. The number of aromatic carboxylic acids is 1. The van der Waals surface area contributed by atoms with Gasteiger partial charge >= 0.3 is 5.97 Å². The first-order valence-electron chi connectivity index (χ1n) is 10.5. The minimum Gasteiger partial charge on any atom is -0.507 e. The van der Waals surface area contributed by atoms with Crippen LogP contribution >= 0.6 is 11.6 Å². The van der Waals surface area contributed by atoms with Crippen molar-refractivity contribution in [2.75, 3.05) is 10.8 Å². The van der Waals surface area contributed by atoms with E-state index in [9.17, 15) is 23.4 Å². The summed E-state index contributed by atoms with van der Waals surface area (Å²) in [6, 6.07) is 13.3. The van der Waals surface area contributed by atoms with Gasteiger partial charge in [-0.1, -0.05) is 25.4 Å². The number of ether oxygens (including phenoxy) is 1. The van der Waals surface area contributed by atoms with Crippen LogP contribution in [0.5, 0.6) is 17.2 Å². The van der Waals surface area contributed by atoms with Crippen molar-refractivity contribution in [3.63, 3.8) is 0 Å². The second-order valence-corrected chi connectivity index (χ2v) is 10.6. The summed E-state index contributed by atoms with van der Waals surface area (Å²) in [4.78, 5) is 11.5. The maximum atomic E-state index is 13.5. The molecule has 0 aliphatic rings. The Bertz CT molecular complexity index is 1300. The van der Waals surface area contributed by atoms with Gasteiger partial charge in [-0.05, 0) is 85.5 Å². The first-order chi connectivity index (χ1) is 15.9. The van der Waals surface area contributed by atoms with Crippen LogP contribution in [0, 0.1) is 19.8 Å². The topological polar surface area (TPSA) is 104 Å². The molecule has 7 nitrogen and oxygen atoms in total. The van der Waals surface area contributed by atoms with Gasteiger partial charge in [0.05, 0.1) is 10.6 Å². The molecule has 0 amide bonds. The van der Waals surface area contributed by atoms with Crippen LogP contribution in [-0.2, 0) is 10.0 Å². The Morgan fingerprint density at radius 1 is 1.00 bits per heavy atom. The van der Waals surface area contributed by atoms with E-state index in [1.54, 1.807) is 24.3 Å². The molecule has 0 aromatic heterocycles. The van der Waals surface area contributed by atoms with Crippen molar-refractivity contribution in [1.82, 2.24) is 0 Å². The Hall–Kier alpha value is -3.23. The average Bonchev–Trinajstić information content (AvgIpc) is 2.76. The molecular formula is C25H26ClNO6S. The molecule has 0 heterocycles. The Kier molecular flexibility index (Phi) is 7.43. The van der Waals surface area contributed by atoms with Gasteiger partial charge in [0.15, 0.2) is 0 Å². The number of rotatable bonds is 8. The van der Waals surface area contributed by atoms with Gasteiger partial charge in [0, 0.05) is 11.6 Å². The summed E-state index contributed by atoms with van der Waals surface area (Å²) in [5, 5.41) is 19.8. The molecule has 0 radical (unpaired) electrons. The number of sulfonamides is 1. The van der Waals surface area contributed by atoms with Crippen LogP contribution in [-0.4, -0.2) is 31.1 Å². The minimum absolute atomic E-state index is 0.0221. The molecule has 180 valence electrons. The van der Waals surface area contributed by atoms with Gasteiger partial charge in [0.1, 0.15) is 22.8 Å². The van der Waals surface area contributed by atoms with Crippen LogP contribution in [0.1, 0.15) is 35.3 Å². The maximum absolute atomic E-state index is 13.5. The number of aryl methyl sites for hydroxylation is 2.